The van der Waals surface area contributed by atoms with Crippen LogP contribution in [0.2, 0.25) is 0 Å². The van der Waals surface area contributed by atoms with Gasteiger partial charge in [0.2, 0.25) is 0 Å². The van der Waals surface area contributed by atoms with Gasteiger partial charge in [0.05, 0.1) is 22.5 Å². The van der Waals surface area contributed by atoms with Crippen molar-refractivity contribution in [1.82, 2.24) is 0 Å². The summed E-state index contributed by atoms with van der Waals surface area (Å²) in [6, 6.07) is 4.99. The number of hydrogen-bond donors (Lipinski definition) is 0. The zero-order valence-electron chi connectivity index (χ0n) is 7.90. The summed E-state index contributed by atoms with van der Waals surface area (Å²) in [6.07, 6.45) is -4.50. The second kappa shape index (κ2) is 5.05. The molecule has 0 unspecified atom stereocenters. The molecule has 0 aliphatic rings. The summed E-state index contributed by atoms with van der Waals surface area (Å²) in [5, 5.41) is 8.83. The lowest BCUT2D eigenvalue weighted by Gasteiger charge is -2.09. The Labute approximate surface area is 99.0 Å². The number of halogens is 4. The average molecular weight is 288 g/mol. The van der Waals surface area contributed by atoms with Crippen molar-refractivity contribution in [2.45, 2.75) is 6.18 Å². The first kappa shape index (κ1) is 12.6. The van der Waals surface area contributed by atoms with Crippen LogP contribution in [0.1, 0.15) is 16.7 Å². The van der Waals surface area contributed by atoms with Gasteiger partial charge in [0.25, 0.3) is 0 Å². The van der Waals surface area contributed by atoms with E-state index in [1.54, 1.807) is 6.07 Å². The second-order valence-electron chi connectivity index (χ2n) is 2.81. The van der Waals surface area contributed by atoms with Gasteiger partial charge in [-0.1, -0.05) is 27.8 Å². The highest BCUT2D eigenvalue weighted by molar-refractivity contribution is 9.09. The van der Waals surface area contributed by atoms with Crippen molar-refractivity contribution >= 4 is 15.9 Å². The Morgan fingerprint density at radius 2 is 2.00 bits per heavy atom. The van der Waals surface area contributed by atoms with Crippen LogP contribution >= 0.6 is 15.9 Å². The number of rotatable bonds is 0. The summed E-state index contributed by atoms with van der Waals surface area (Å²) in [4.78, 5) is 0. The number of hydrogen-bond acceptors (Lipinski definition) is 1. The predicted octanol–water partition coefficient (Wildman–Crippen LogP) is 3.32. The van der Waals surface area contributed by atoms with Crippen LogP contribution in [0.5, 0.6) is 0 Å². The highest BCUT2D eigenvalue weighted by atomic mass is 79.9. The minimum absolute atomic E-state index is 0.0308. The van der Waals surface area contributed by atoms with E-state index in [9.17, 15) is 13.2 Å². The lowest BCUT2D eigenvalue weighted by molar-refractivity contribution is -0.137. The van der Waals surface area contributed by atoms with Gasteiger partial charge in [-0.2, -0.15) is 18.4 Å². The first-order valence-corrected chi connectivity index (χ1v) is 5.27. The summed E-state index contributed by atoms with van der Waals surface area (Å²) in [5.74, 6) is 4.89. The highest BCUT2D eigenvalue weighted by Crippen LogP contribution is 2.32. The molecule has 0 aliphatic heterocycles. The molecule has 0 amide bonds. The Morgan fingerprint density at radius 1 is 1.31 bits per heavy atom. The molecule has 0 fully saturated rings. The van der Waals surface area contributed by atoms with Gasteiger partial charge in [0, 0.05) is 5.56 Å². The highest BCUT2D eigenvalue weighted by Gasteiger charge is 2.33. The van der Waals surface area contributed by atoms with Crippen molar-refractivity contribution in [2.75, 3.05) is 5.33 Å². The molecule has 0 N–H and O–H groups in total. The number of nitrogens with zero attached hydrogens (tertiary/aromatic N) is 1. The largest absolute Gasteiger partial charge is 0.417 e. The summed E-state index contributed by atoms with van der Waals surface area (Å²) in [6.45, 7) is 0. The van der Waals surface area contributed by atoms with E-state index in [-0.39, 0.29) is 11.1 Å². The Bertz CT molecular complexity index is 489. The Morgan fingerprint density at radius 3 is 2.50 bits per heavy atom. The minimum atomic E-state index is -4.50. The van der Waals surface area contributed by atoms with Crippen LogP contribution in [0.4, 0.5) is 13.2 Å². The van der Waals surface area contributed by atoms with Crippen LogP contribution in [-0.2, 0) is 6.18 Å². The maximum atomic E-state index is 12.6. The van der Waals surface area contributed by atoms with Crippen LogP contribution in [-0.4, -0.2) is 5.33 Å². The molecule has 0 heterocycles. The van der Waals surface area contributed by atoms with Crippen molar-refractivity contribution in [2.24, 2.45) is 0 Å². The van der Waals surface area contributed by atoms with E-state index >= 15 is 0 Å². The summed E-state index contributed by atoms with van der Waals surface area (Å²) in [5.41, 5.74) is -1.03. The quantitative estimate of drug-likeness (QED) is 0.530. The van der Waals surface area contributed by atoms with E-state index in [0.717, 1.165) is 6.07 Å². The van der Waals surface area contributed by atoms with E-state index in [1.807, 2.05) is 0 Å². The van der Waals surface area contributed by atoms with Crippen molar-refractivity contribution in [3.05, 3.63) is 34.9 Å². The molecule has 1 rings (SSSR count). The maximum Gasteiger partial charge on any atom is 0.417 e. The summed E-state index contributed by atoms with van der Waals surface area (Å²) < 4.78 is 37.8. The molecule has 5 heteroatoms. The van der Waals surface area contributed by atoms with Crippen molar-refractivity contribution < 1.29 is 13.2 Å². The van der Waals surface area contributed by atoms with Crippen LogP contribution in [0.15, 0.2) is 18.2 Å². The fraction of sp³-hybridized carbons (Fsp3) is 0.182. The Balaban J connectivity index is 3.35. The molecular weight excluding hydrogens is 283 g/mol. The van der Waals surface area contributed by atoms with Gasteiger partial charge in [0.15, 0.2) is 0 Å². The molecule has 0 saturated heterocycles. The predicted molar refractivity (Wildman–Crippen MR) is 56.8 cm³/mol. The molecule has 0 spiro atoms. The fourth-order valence-electron chi connectivity index (χ4n) is 1.09. The summed E-state index contributed by atoms with van der Waals surface area (Å²) >= 11 is 3.00. The SMILES string of the molecule is N#Cc1ccc(C#CCBr)c(C(F)(F)F)c1. The normalized spacial score (nSPS) is 10.2. The average Bonchev–Trinajstić information content (AvgIpc) is 2.25. The smallest absolute Gasteiger partial charge is 0.192 e. The number of alkyl halides is 4. The van der Waals surface area contributed by atoms with Crippen molar-refractivity contribution in [1.29, 1.82) is 5.26 Å². The van der Waals surface area contributed by atoms with Crippen molar-refractivity contribution in [3.8, 4) is 17.9 Å². The van der Waals surface area contributed by atoms with Gasteiger partial charge < -0.3 is 0 Å². The first-order valence-electron chi connectivity index (χ1n) is 4.15. The molecule has 1 aromatic rings. The summed E-state index contributed by atoms with van der Waals surface area (Å²) in [7, 11) is 0. The molecular formula is C11H5BrF3N. The third-order valence-corrected chi connectivity index (χ3v) is 2.02. The molecule has 0 bridgehead atoms. The van der Waals surface area contributed by atoms with E-state index in [2.05, 4.69) is 27.8 Å². The molecule has 0 aliphatic carbocycles. The minimum Gasteiger partial charge on any atom is -0.192 e. The Kier molecular flexibility index (Phi) is 3.98. The molecule has 16 heavy (non-hydrogen) atoms. The van der Waals surface area contributed by atoms with Gasteiger partial charge in [-0.25, -0.2) is 0 Å². The van der Waals surface area contributed by atoms with Gasteiger partial charge in [0.1, 0.15) is 0 Å². The molecule has 0 aromatic heterocycles. The molecule has 82 valence electrons. The zero-order chi connectivity index (χ0) is 12.2. The van der Waals surface area contributed by atoms with E-state index in [0.29, 0.717) is 5.33 Å². The maximum absolute atomic E-state index is 12.6. The van der Waals surface area contributed by atoms with Gasteiger partial charge in [-0.15, -0.1) is 0 Å². The molecule has 0 radical (unpaired) electrons. The zero-order valence-corrected chi connectivity index (χ0v) is 9.48. The van der Waals surface area contributed by atoms with Crippen LogP contribution in [0, 0.1) is 23.2 Å². The number of nitriles is 1. The Hall–Kier alpha value is -1.46. The topological polar surface area (TPSA) is 23.8 Å². The number of benzene rings is 1. The lowest BCUT2D eigenvalue weighted by atomic mass is 10.0. The second-order valence-corrected chi connectivity index (χ2v) is 3.37. The van der Waals surface area contributed by atoms with Gasteiger partial charge in [-0.05, 0) is 18.2 Å². The monoisotopic (exact) mass is 287 g/mol. The molecule has 1 aromatic carbocycles. The fourth-order valence-corrected chi connectivity index (χ4v) is 1.23. The molecule has 0 saturated carbocycles. The van der Waals surface area contributed by atoms with Gasteiger partial charge in [-0.3, -0.25) is 0 Å². The van der Waals surface area contributed by atoms with Gasteiger partial charge >= 0.3 is 6.18 Å². The van der Waals surface area contributed by atoms with Crippen LogP contribution in [0.25, 0.3) is 0 Å². The van der Waals surface area contributed by atoms with Crippen LogP contribution in [0.3, 0.4) is 0 Å². The van der Waals surface area contributed by atoms with E-state index < -0.39 is 11.7 Å². The van der Waals surface area contributed by atoms with Crippen molar-refractivity contribution in [3.63, 3.8) is 0 Å². The first-order chi connectivity index (χ1) is 7.49. The lowest BCUT2D eigenvalue weighted by Crippen LogP contribution is -2.08. The van der Waals surface area contributed by atoms with E-state index in [4.69, 9.17) is 5.26 Å². The standard InChI is InChI=1S/C11H5BrF3N/c12-5-1-2-9-4-3-8(7-16)6-10(9)11(13,14)15/h3-4,6H,5H2. The third-order valence-electron chi connectivity index (χ3n) is 1.74. The molecule has 0 atom stereocenters. The van der Waals surface area contributed by atoms with E-state index in [1.165, 1.54) is 12.1 Å². The third kappa shape index (κ3) is 3.01. The van der Waals surface area contributed by atoms with Crippen LogP contribution < -0.4 is 0 Å². The molecule has 1 nitrogen and oxygen atoms in total.